The van der Waals surface area contributed by atoms with E-state index < -0.39 is 0 Å². The van der Waals surface area contributed by atoms with Crippen molar-refractivity contribution in [3.63, 3.8) is 0 Å². The number of rotatable bonds is 5. The highest BCUT2D eigenvalue weighted by Gasteiger charge is 2.25. The van der Waals surface area contributed by atoms with Crippen molar-refractivity contribution in [1.82, 2.24) is 24.5 Å². The van der Waals surface area contributed by atoms with E-state index in [0.29, 0.717) is 30.1 Å². The van der Waals surface area contributed by atoms with Crippen LogP contribution in [-0.4, -0.2) is 49.4 Å². The fourth-order valence-electron chi connectivity index (χ4n) is 4.89. The Bertz CT molecular complexity index is 1660. The quantitative estimate of drug-likeness (QED) is 0.284. The Labute approximate surface area is 226 Å². The molecule has 2 amide bonds. The first-order valence-electron chi connectivity index (χ1n) is 12.4. The molecule has 6 rings (SSSR count). The van der Waals surface area contributed by atoms with E-state index in [2.05, 4.69) is 31.4 Å². The SMILES string of the molecule is Cn1nc(Br)c2ccc(C(=O)N3CCC(n4cc(NC(=O)/C=C/c5cc6ccccc6o5)cn4)CC3)cc21. The Morgan fingerprint density at radius 1 is 1.13 bits per heavy atom. The smallest absolute Gasteiger partial charge is 0.253 e. The van der Waals surface area contributed by atoms with Crippen LogP contribution in [0.4, 0.5) is 5.69 Å². The Balaban J connectivity index is 1.04. The molecule has 3 aromatic heterocycles. The van der Waals surface area contributed by atoms with Crippen LogP contribution in [0.15, 0.2) is 76.0 Å². The number of nitrogens with zero attached hydrogens (tertiary/aromatic N) is 5. The Morgan fingerprint density at radius 3 is 2.76 bits per heavy atom. The molecule has 0 unspecified atom stereocenters. The van der Waals surface area contributed by atoms with Gasteiger partial charge in [-0.3, -0.25) is 19.0 Å². The molecule has 1 aliphatic rings. The lowest BCUT2D eigenvalue weighted by molar-refractivity contribution is -0.111. The van der Waals surface area contributed by atoms with Crippen LogP contribution in [0.1, 0.15) is 35.0 Å². The number of furan rings is 1. The number of carbonyl (C=O) groups is 2. The second-order valence-electron chi connectivity index (χ2n) is 9.39. The van der Waals surface area contributed by atoms with Gasteiger partial charge in [0, 0.05) is 48.7 Å². The summed E-state index contributed by atoms with van der Waals surface area (Å²) in [5.74, 6) is 0.377. The van der Waals surface area contributed by atoms with Crippen molar-refractivity contribution in [2.45, 2.75) is 18.9 Å². The molecule has 1 fully saturated rings. The maximum atomic E-state index is 13.1. The number of para-hydroxylation sites is 1. The van der Waals surface area contributed by atoms with Crippen molar-refractivity contribution < 1.29 is 14.0 Å². The molecular weight excluding hydrogens is 548 g/mol. The highest BCUT2D eigenvalue weighted by molar-refractivity contribution is 9.10. The lowest BCUT2D eigenvalue weighted by atomic mass is 10.0. The van der Waals surface area contributed by atoms with Gasteiger partial charge in [0.2, 0.25) is 5.91 Å². The van der Waals surface area contributed by atoms with Crippen LogP contribution in [0.25, 0.3) is 27.9 Å². The zero-order valence-corrected chi connectivity index (χ0v) is 22.3. The van der Waals surface area contributed by atoms with Crippen LogP contribution in [0.5, 0.6) is 0 Å². The number of nitrogens with one attached hydrogen (secondary N) is 1. The second-order valence-corrected chi connectivity index (χ2v) is 10.1. The number of hydrogen-bond acceptors (Lipinski definition) is 5. The van der Waals surface area contributed by atoms with Crippen molar-refractivity contribution >= 4 is 61.4 Å². The van der Waals surface area contributed by atoms with Crippen LogP contribution in [0.2, 0.25) is 0 Å². The number of benzene rings is 2. The maximum Gasteiger partial charge on any atom is 0.253 e. The summed E-state index contributed by atoms with van der Waals surface area (Å²) < 4.78 is 10.1. The third-order valence-corrected chi connectivity index (χ3v) is 7.48. The number of likely N-dealkylation sites (tertiary alicyclic amines) is 1. The monoisotopic (exact) mass is 572 g/mol. The van der Waals surface area contributed by atoms with Gasteiger partial charge in [-0.25, -0.2) is 0 Å². The van der Waals surface area contributed by atoms with E-state index in [9.17, 15) is 9.59 Å². The fourth-order valence-corrected chi connectivity index (χ4v) is 5.46. The molecule has 9 nitrogen and oxygen atoms in total. The van der Waals surface area contributed by atoms with E-state index >= 15 is 0 Å². The molecule has 4 heterocycles. The van der Waals surface area contributed by atoms with Gasteiger partial charge in [0.25, 0.3) is 5.91 Å². The van der Waals surface area contributed by atoms with E-state index in [-0.39, 0.29) is 17.9 Å². The largest absolute Gasteiger partial charge is 0.457 e. The highest BCUT2D eigenvalue weighted by Crippen LogP contribution is 2.27. The minimum absolute atomic E-state index is 0.0207. The third-order valence-electron chi connectivity index (χ3n) is 6.89. The Kier molecular flexibility index (Phi) is 6.32. The number of hydrogen-bond donors (Lipinski definition) is 1. The number of halogens is 1. The number of anilines is 1. The van der Waals surface area contributed by atoms with Gasteiger partial charge < -0.3 is 14.6 Å². The van der Waals surface area contributed by atoms with Gasteiger partial charge in [-0.05, 0) is 65.2 Å². The van der Waals surface area contributed by atoms with E-state index in [1.807, 2.05) is 71.4 Å². The van der Waals surface area contributed by atoms with Gasteiger partial charge in [0.05, 0.1) is 23.4 Å². The summed E-state index contributed by atoms with van der Waals surface area (Å²) >= 11 is 3.46. The molecule has 0 bridgehead atoms. The first-order valence-corrected chi connectivity index (χ1v) is 13.2. The number of carbonyl (C=O) groups excluding carboxylic acids is 2. The van der Waals surface area contributed by atoms with Crippen molar-refractivity contribution in [3.05, 3.63) is 82.9 Å². The average molecular weight is 573 g/mol. The number of aromatic nitrogens is 4. The number of amides is 2. The van der Waals surface area contributed by atoms with E-state index in [0.717, 1.165) is 39.3 Å². The van der Waals surface area contributed by atoms with Crippen LogP contribution in [0, 0.1) is 0 Å². The number of aryl methyl sites for hydroxylation is 1. The predicted molar refractivity (Wildman–Crippen MR) is 149 cm³/mol. The molecule has 1 saturated heterocycles. The summed E-state index contributed by atoms with van der Waals surface area (Å²) in [4.78, 5) is 27.4. The molecule has 5 aromatic rings. The number of piperidine rings is 1. The average Bonchev–Trinajstić information content (AvgIpc) is 3.64. The van der Waals surface area contributed by atoms with Crippen LogP contribution in [-0.2, 0) is 11.8 Å². The number of fused-ring (bicyclic) bond motifs is 2. The van der Waals surface area contributed by atoms with Gasteiger partial charge in [-0.2, -0.15) is 10.2 Å². The molecular formula is C28H25BrN6O3. The molecule has 10 heteroatoms. The molecule has 38 heavy (non-hydrogen) atoms. The van der Waals surface area contributed by atoms with Gasteiger partial charge in [-0.1, -0.05) is 18.2 Å². The van der Waals surface area contributed by atoms with Crippen LogP contribution < -0.4 is 5.32 Å². The predicted octanol–water partition coefficient (Wildman–Crippen LogP) is 5.41. The van der Waals surface area contributed by atoms with Crippen LogP contribution >= 0.6 is 15.9 Å². The topological polar surface area (TPSA) is 98.2 Å². The van der Waals surface area contributed by atoms with Crippen molar-refractivity contribution in [2.24, 2.45) is 7.05 Å². The third kappa shape index (κ3) is 4.74. The van der Waals surface area contributed by atoms with Crippen molar-refractivity contribution in [2.75, 3.05) is 18.4 Å². The molecule has 0 saturated carbocycles. The summed E-state index contributed by atoms with van der Waals surface area (Å²) in [6.45, 7) is 1.27. The van der Waals surface area contributed by atoms with Crippen molar-refractivity contribution in [3.8, 4) is 0 Å². The minimum Gasteiger partial charge on any atom is -0.457 e. The zero-order chi connectivity index (χ0) is 26.2. The van der Waals surface area contributed by atoms with E-state index in [1.54, 1.807) is 17.0 Å². The molecule has 0 aliphatic carbocycles. The normalized spacial score (nSPS) is 14.6. The van der Waals surface area contributed by atoms with Crippen molar-refractivity contribution in [1.29, 1.82) is 0 Å². The first kappa shape index (κ1) is 24.2. The summed E-state index contributed by atoms with van der Waals surface area (Å²) in [6, 6.07) is 15.4. The van der Waals surface area contributed by atoms with Gasteiger partial charge in [0.1, 0.15) is 15.9 Å². The molecule has 0 radical (unpaired) electrons. The standard InChI is InChI=1S/C28H25BrN6O3/c1-33-24-15-19(6-8-23(24)27(29)32-33)28(37)34-12-10-21(11-13-34)35-17-20(16-30-35)31-26(36)9-7-22-14-18-4-2-3-5-25(18)38-22/h2-9,14-17,21H,10-13H2,1H3,(H,31,36)/b9-7+. The minimum atomic E-state index is -0.261. The molecule has 2 aromatic carbocycles. The fraction of sp³-hybridized carbons (Fsp3) is 0.214. The van der Waals surface area contributed by atoms with E-state index in [1.165, 1.54) is 6.08 Å². The van der Waals surface area contributed by atoms with Gasteiger partial charge in [0.15, 0.2) is 0 Å². The molecule has 0 spiro atoms. The second kappa shape index (κ2) is 9.94. The molecule has 1 aliphatic heterocycles. The zero-order valence-electron chi connectivity index (χ0n) is 20.7. The molecule has 1 N–H and O–H groups in total. The maximum absolute atomic E-state index is 13.1. The summed E-state index contributed by atoms with van der Waals surface area (Å²) in [6.07, 6.45) is 8.14. The highest BCUT2D eigenvalue weighted by atomic mass is 79.9. The van der Waals surface area contributed by atoms with E-state index in [4.69, 9.17) is 4.42 Å². The Hall–Kier alpha value is -4.18. The van der Waals surface area contributed by atoms with Gasteiger partial charge >= 0.3 is 0 Å². The lowest BCUT2D eigenvalue weighted by Gasteiger charge is -2.32. The summed E-state index contributed by atoms with van der Waals surface area (Å²) in [5, 5.41) is 13.6. The summed E-state index contributed by atoms with van der Waals surface area (Å²) in [7, 11) is 1.87. The summed E-state index contributed by atoms with van der Waals surface area (Å²) in [5.41, 5.74) is 2.98. The first-order chi connectivity index (χ1) is 18.4. The van der Waals surface area contributed by atoms with Crippen LogP contribution in [0.3, 0.4) is 0 Å². The van der Waals surface area contributed by atoms with Gasteiger partial charge in [-0.15, -0.1) is 0 Å². The lowest BCUT2D eigenvalue weighted by Crippen LogP contribution is -2.39. The molecule has 0 atom stereocenters. The molecule has 192 valence electrons. The Morgan fingerprint density at radius 2 is 1.95 bits per heavy atom.